The molecule has 14 nitrogen and oxygen atoms in total. The summed E-state index contributed by atoms with van der Waals surface area (Å²) in [5.74, 6) is -1.53. The number of carboxylic acid groups (broad SMARTS) is 1. The number of benzene rings is 2. The molecule has 1 saturated heterocycles. The summed E-state index contributed by atoms with van der Waals surface area (Å²) in [6.45, 7) is 7.08. The van der Waals surface area contributed by atoms with Gasteiger partial charge in [0.1, 0.15) is 24.4 Å². The van der Waals surface area contributed by atoms with Crippen molar-refractivity contribution in [2.24, 2.45) is 10.1 Å². The average molecular weight is 685 g/mol. The fourth-order valence-electron chi connectivity index (χ4n) is 6.83. The molecular formula is C35H37FN8O6. The number of aryl methyl sites for hydroxylation is 1. The number of amidine groups is 1. The Balaban J connectivity index is 1.07. The Morgan fingerprint density at radius 2 is 1.94 bits per heavy atom. The predicted octanol–water partition coefficient (Wildman–Crippen LogP) is 3.56. The molecule has 1 amide bonds. The van der Waals surface area contributed by atoms with Gasteiger partial charge in [-0.25, -0.2) is 18.9 Å². The van der Waals surface area contributed by atoms with Crippen LogP contribution in [0.25, 0.3) is 10.9 Å². The van der Waals surface area contributed by atoms with Crippen LogP contribution in [0.4, 0.5) is 10.1 Å². The van der Waals surface area contributed by atoms with Crippen LogP contribution in [-0.2, 0) is 22.6 Å². The molecule has 1 N–H and O–H groups in total. The average Bonchev–Trinajstić information content (AvgIpc) is 3.75. The highest BCUT2D eigenvalue weighted by atomic mass is 19.1. The minimum Gasteiger partial charge on any atom is -0.492 e. The van der Waals surface area contributed by atoms with E-state index in [1.807, 2.05) is 43.9 Å². The van der Waals surface area contributed by atoms with Gasteiger partial charge in [-0.15, -0.1) is 5.10 Å². The number of hydrogen-bond donors (Lipinski definition) is 1. The van der Waals surface area contributed by atoms with Crippen molar-refractivity contribution in [3.8, 4) is 5.75 Å². The van der Waals surface area contributed by atoms with Crippen molar-refractivity contribution in [1.82, 2.24) is 24.5 Å². The number of ether oxygens (including phenoxy) is 1. The summed E-state index contributed by atoms with van der Waals surface area (Å²) in [6.07, 6.45) is 5.08. The van der Waals surface area contributed by atoms with E-state index in [9.17, 15) is 19.5 Å². The second kappa shape index (κ2) is 13.0. The van der Waals surface area contributed by atoms with Crippen LogP contribution in [0.15, 0.2) is 51.6 Å². The molecule has 1 aliphatic carbocycles. The van der Waals surface area contributed by atoms with E-state index in [0.29, 0.717) is 49.7 Å². The maximum Gasteiger partial charge on any atom is 0.341 e. The van der Waals surface area contributed by atoms with Gasteiger partial charge < -0.3 is 29.0 Å². The summed E-state index contributed by atoms with van der Waals surface area (Å²) in [6, 6.07) is 6.85. The highest BCUT2D eigenvalue weighted by Gasteiger charge is 2.34. The quantitative estimate of drug-likeness (QED) is 0.247. The number of carboxylic acids is 1. The van der Waals surface area contributed by atoms with E-state index in [1.165, 1.54) is 18.0 Å². The molecular weight excluding hydrogens is 647 g/mol. The highest BCUT2D eigenvalue weighted by molar-refractivity contribution is 6.23. The van der Waals surface area contributed by atoms with Gasteiger partial charge in [-0.1, -0.05) is 28.1 Å². The molecule has 4 aromatic rings. The minimum absolute atomic E-state index is 0.00736. The van der Waals surface area contributed by atoms with Crippen LogP contribution in [0.3, 0.4) is 0 Å². The lowest BCUT2D eigenvalue weighted by Crippen LogP contribution is -2.55. The van der Waals surface area contributed by atoms with Crippen molar-refractivity contribution in [3.05, 3.63) is 80.6 Å². The number of halogens is 1. The first kappa shape index (κ1) is 32.9. The van der Waals surface area contributed by atoms with Crippen molar-refractivity contribution in [2.75, 3.05) is 38.3 Å². The molecule has 50 heavy (non-hydrogen) atoms. The number of pyridine rings is 1. The van der Waals surface area contributed by atoms with Crippen LogP contribution in [0.2, 0.25) is 0 Å². The fourth-order valence-corrected chi connectivity index (χ4v) is 6.83. The second-order valence-corrected chi connectivity index (χ2v) is 12.9. The molecule has 1 unspecified atom stereocenters. The SMILES string of the molecule is CCON=C1N=C(Cc2cn(CC(=O)N3CCN(c4c(F)cc5c(=O)c(C(=O)O)cn(C6CC6)c5c4OC)CC3C)nn2)c2ccc(C)cc21. The number of amides is 1. The maximum atomic E-state index is 15.9. The second-order valence-electron chi connectivity index (χ2n) is 12.9. The van der Waals surface area contributed by atoms with Gasteiger partial charge in [-0.3, -0.25) is 9.59 Å². The molecule has 15 heteroatoms. The van der Waals surface area contributed by atoms with Crippen molar-refractivity contribution in [3.63, 3.8) is 0 Å². The number of carbonyl (C=O) groups is 2. The summed E-state index contributed by atoms with van der Waals surface area (Å²) in [7, 11) is 1.41. The molecule has 2 aliphatic heterocycles. The van der Waals surface area contributed by atoms with Crippen LogP contribution < -0.4 is 15.1 Å². The van der Waals surface area contributed by atoms with Crippen molar-refractivity contribution in [1.29, 1.82) is 0 Å². The van der Waals surface area contributed by atoms with Crippen LogP contribution >= 0.6 is 0 Å². The van der Waals surface area contributed by atoms with Gasteiger partial charge in [-0.05, 0) is 45.7 Å². The van der Waals surface area contributed by atoms with Gasteiger partial charge >= 0.3 is 5.97 Å². The number of methoxy groups -OCH3 is 1. The van der Waals surface area contributed by atoms with Crippen LogP contribution in [0, 0.1) is 12.7 Å². The highest BCUT2D eigenvalue weighted by Crippen LogP contribution is 2.44. The van der Waals surface area contributed by atoms with E-state index in [-0.39, 0.29) is 41.4 Å². The Kier molecular flexibility index (Phi) is 8.58. The normalized spacial score (nSPS) is 18.1. The Hall–Kier alpha value is -5.60. The van der Waals surface area contributed by atoms with E-state index >= 15 is 4.39 Å². The number of nitrogens with zero attached hydrogens (tertiary/aromatic N) is 8. The van der Waals surface area contributed by atoms with Gasteiger partial charge in [0, 0.05) is 61.7 Å². The number of oxime groups is 1. The molecule has 2 fully saturated rings. The molecule has 0 spiro atoms. The van der Waals surface area contributed by atoms with Gasteiger partial charge in [0.05, 0.1) is 29.4 Å². The third-order valence-electron chi connectivity index (χ3n) is 9.32. The number of aromatic carboxylic acids is 1. The summed E-state index contributed by atoms with van der Waals surface area (Å²) in [5, 5.41) is 22.3. The van der Waals surface area contributed by atoms with Crippen molar-refractivity contribution >= 4 is 40.0 Å². The first-order valence-corrected chi connectivity index (χ1v) is 16.6. The number of carbonyl (C=O) groups excluding carboxylic acids is 1. The molecule has 1 saturated carbocycles. The number of fused-ring (bicyclic) bond motifs is 2. The molecule has 3 aliphatic rings. The summed E-state index contributed by atoms with van der Waals surface area (Å²) >= 11 is 0. The first-order chi connectivity index (χ1) is 24.1. The number of hydrogen-bond acceptors (Lipinski definition) is 9. The standard InChI is InChI=1S/C35H37FN8O6/c1-5-50-39-34-24-12-19(2)6-9-23(24)28(37-34)13-21-16-42(40-38-21)18-29(45)43-11-10-41(15-20(43)3)31-27(36)14-25-30(33(31)49-4)44(22-7-8-22)17-26(32(25)46)35(47)48/h6,9,12,14,16-17,20,22H,5,7-8,10-11,13,15,18H2,1-4H3,(H,47,48). The van der Waals surface area contributed by atoms with E-state index in [0.717, 1.165) is 41.3 Å². The minimum atomic E-state index is -1.36. The van der Waals surface area contributed by atoms with E-state index < -0.39 is 22.8 Å². The zero-order valence-corrected chi connectivity index (χ0v) is 28.2. The van der Waals surface area contributed by atoms with E-state index in [2.05, 4.69) is 15.5 Å². The summed E-state index contributed by atoms with van der Waals surface area (Å²) in [5.41, 5.74) is 3.75. The lowest BCUT2D eigenvalue weighted by molar-refractivity contribution is -0.134. The molecule has 260 valence electrons. The van der Waals surface area contributed by atoms with E-state index in [1.54, 1.807) is 15.7 Å². The third kappa shape index (κ3) is 5.96. The van der Waals surface area contributed by atoms with Gasteiger partial charge in [0.25, 0.3) is 0 Å². The van der Waals surface area contributed by atoms with Crippen molar-refractivity contribution in [2.45, 2.75) is 58.7 Å². The van der Waals surface area contributed by atoms with Crippen molar-refractivity contribution < 1.29 is 28.7 Å². The molecule has 2 aromatic heterocycles. The molecule has 7 rings (SSSR count). The number of rotatable bonds is 10. The Labute approximate surface area is 286 Å². The molecule has 0 radical (unpaired) electrons. The topological polar surface area (TPSA) is 157 Å². The Bertz CT molecular complexity index is 2150. The van der Waals surface area contributed by atoms with E-state index in [4.69, 9.17) is 14.6 Å². The van der Waals surface area contributed by atoms with Gasteiger partial charge in [0.15, 0.2) is 17.4 Å². The smallest absolute Gasteiger partial charge is 0.341 e. The van der Waals surface area contributed by atoms with Crippen LogP contribution in [0.1, 0.15) is 65.5 Å². The zero-order valence-electron chi connectivity index (χ0n) is 28.2. The predicted molar refractivity (Wildman–Crippen MR) is 183 cm³/mol. The largest absolute Gasteiger partial charge is 0.492 e. The molecule has 1 atom stereocenters. The van der Waals surface area contributed by atoms with Crippen LogP contribution in [0.5, 0.6) is 5.75 Å². The fraction of sp³-hybridized carbons (Fsp3) is 0.400. The van der Waals surface area contributed by atoms with Crippen LogP contribution in [-0.4, -0.2) is 92.4 Å². The Morgan fingerprint density at radius 1 is 1.14 bits per heavy atom. The molecule has 2 aromatic carbocycles. The Morgan fingerprint density at radius 3 is 2.64 bits per heavy atom. The third-order valence-corrected chi connectivity index (χ3v) is 9.32. The zero-order chi connectivity index (χ0) is 35.3. The first-order valence-electron chi connectivity index (χ1n) is 16.6. The lowest BCUT2D eigenvalue weighted by Gasteiger charge is -2.41. The number of aromatic nitrogens is 4. The summed E-state index contributed by atoms with van der Waals surface area (Å²) in [4.78, 5) is 51.9. The molecule has 4 heterocycles. The summed E-state index contributed by atoms with van der Waals surface area (Å²) < 4.78 is 24.8. The lowest BCUT2D eigenvalue weighted by atomic mass is 10.0. The number of aliphatic imine (C=N–C) groups is 1. The number of anilines is 1. The van der Waals surface area contributed by atoms with Gasteiger partial charge in [0.2, 0.25) is 11.3 Å². The maximum absolute atomic E-state index is 15.9. The monoisotopic (exact) mass is 684 g/mol. The molecule has 0 bridgehead atoms. The van der Waals surface area contributed by atoms with Gasteiger partial charge in [-0.2, -0.15) is 0 Å². The number of piperazine rings is 1.